The third-order valence-electron chi connectivity index (χ3n) is 2.99. The second-order valence-corrected chi connectivity index (χ2v) is 6.94. The first-order valence-electron chi connectivity index (χ1n) is 7.71. The SMILES string of the molecule is CN(C)c1cnc(Cl)nc1Nc1cccc(NC(=O)OC(C)(C)C)c1. The highest BCUT2D eigenvalue weighted by atomic mass is 35.5. The fraction of sp³-hybridized carbons (Fsp3) is 0.353. The first kappa shape index (κ1) is 18.8. The lowest BCUT2D eigenvalue weighted by Gasteiger charge is -2.20. The second-order valence-electron chi connectivity index (χ2n) is 6.60. The largest absolute Gasteiger partial charge is 0.444 e. The van der Waals surface area contributed by atoms with E-state index in [1.54, 1.807) is 18.3 Å². The average Bonchev–Trinajstić information content (AvgIpc) is 2.45. The summed E-state index contributed by atoms with van der Waals surface area (Å²) in [6.07, 6.45) is 1.13. The van der Waals surface area contributed by atoms with E-state index in [-0.39, 0.29) is 5.28 Å². The smallest absolute Gasteiger partial charge is 0.412 e. The number of nitrogens with one attached hydrogen (secondary N) is 2. The Labute approximate surface area is 152 Å². The first-order chi connectivity index (χ1) is 11.6. The van der Waals surface area contributed by atoms with Crippen LogP contribution in [0.25, 0.3) is 0 Å². The van der Waals surface area contributed by atoms with Crippen molar-refractivity contribution in [2.24, 2.45) is 0 Å². The molecule has 7 nitrogen and oxygen atoms in total. The summed E-state index contributed by atoms with van der Waals surface area (Å²) in [6, 6.07) is 7.22. The van der Waals surface area contributed by atoms with E-state index in [0.29, 0.717) is 11.5 Å². The molecule has 25 heavy (non-hydrogen) atoms. The van der Waals surface area contributed by atoms with Crippen molar-refractivity contribution < 1.29 is 9.53 Å². The molecule has 0 radical (unpaired) electrons. The molecule has 0 atom stereocenters. The monoisotopic (exact) mass is 363 g/mol. The molecule has 2 aromatic rings. The minimum Gasteiger partial charge on any atom is -0.444 e. The van der Waals surface area contributed by atoms with Crippen LogP contribution >= 0.6 is 11.6 Å². The van der Waals surface area contributed by atoms with Crippen LogP contribution in [0.2, 0.25) is 5.28 Å². The van der Waals surface area contributed by atoms with Gasteiger partial charge in [0.1, 0.15) is 5.60 Å². The van der Waals surface area contributed by atoms with Gasteiger partial charge in [-0.2, -0.15) is 4.98 Å². The summed E-state index contributed by atoms with van der Waals surface area (Å²) in [6.45, 7) is 5.44. The van der Waals surface area contributed by atoms with Crippen LogP contribution in [-0.2, 0) is 4.74 Å². The molecule has 1 aromatic carbocycles. The van der Waals surface area contributed by atoms with Crippen molar-refractivity contribution in [2.45, 2.75) is 26.4 Å². The van der Waals surface area contributed by atoms with Gasteiger partial charge in [-0.1, -0.05) is 6.07 Å². The maximum Gasteiger partial charge on any atom is 0.412 e. The number of carbonyl (C=O) groups excluding carboxylic acids is 1. The molecule has 0 aliphatic heterocycles. The topological polar surface area (TPSA) is 79.4 Å². The van der Waals surface area contributed by atoms with Crippen molar-refractivity contribution in [3.63, 3.8) is 0 Å². The van der Waals surface area contributed by atoms with Crippen molar-refractivity contribution in [3.8, 4) is 0 Å². The molecule has 0 saturated carbocycles. The molecular weight excluding hydrogens is 342 g/mol. The summed E-state index contributed by atoms with van der Waals surface area (Å²) in [4.78, 5) is 22.0. The fourth-order valence-electron chi connectivity index (χ4n) is 2.01. The number of hydrogen-bond donors (Lipinski definition) is 2. The summed E-state index contributed by atoms with van der Waals surface area (Å²) in [5.74, 6) is 0.569. The maximum absolute atomic E-state index is 11.9. The number of hydrogen-bond acceptors (Lipinski definition) is 6. The number of ether oxygens (including phenoxy) is 1. The van der Waals surface area contributed by atoms with Crippen molar-refractivity contribution in [2.75, 3.05) is 29.6 Å². The van der Waals surface area contributed by atoms with Crippen molar-refractivity contribution in [3.05, 3.63) is 35.7 Å². The number of benzene rings is 1. The molecule has 1 aromatic heterocycles. The number of amides is 1. The van der Waals surface area contributed by atoms with Gasteiger partial charge >= 0.3 is 6.09 Å². The van der Waals surface area contributed by atoms with Crippen LogP contribution in [-0.4, -0.2) is 35.8 Å². The van der Waals surface area contributed by atoms with E-state index in [2.05, 4.69) is 20.6 Å². The van der Waals surface area contributed by atoms with Gasteiger partial charge in [-0.05, 0) is 50.6 Å². The van der Waals surface area contributed by atoms with Crippen molar-refractivity contribution in [1.82, 2.24) is 9.97 Å². The van der Waals surface area contributed by atoms with E-state index in [1.807, 2.05) is 51.9 Å². The number of halogens is 1. The number of aromatic nitrogens is 2. The molecule has 0 unspecified atom stereocenters. The first-order valence-corrected chi connectivity index (χ1v) is 8.09. The lowest BCUT2D eigenvalue weighted by molar-refractivity contribution is 0.0636. The van der Waals surface area contributed by atoms with Crippen LogP contribution < -0.4 is 15.5 Å². The molecule has 134 valence electrons. The predicted molar refractivity (Wildman–Crippen MR) is 101 cm³/mol. The maximum atomic E-state index is 11.9. The lowest BCUT2D eigenvalue weighted by Crippen LogP contribution is -2.27. The molecular formula is C17H22ClN5O2. The number of anilines is 4. The summed E-state index contributed by atoms with van der Waals surface area (Å²) in [7, 11) is 3.77. The minimum atomic E-state index is -0.557. The van der Waals surface area contributed by atoms with Gasteiger partial charge in [0.25, 0.3) is 0 Å². The molecule has 0 spiro atoms. The standard InChI is InChI=1S/C17H22ClN5O2/c1-17(2,3)25-16(24)21-12-8-6-7-11(9-12)20-14-13(23(4)5)10-19-15(18)22-14/h6-10H,1-5H3,(H,21,24)(H,19,20,22). The molecule has 0 saturated heterocycles. The van der Waals surface area contributed by atoms with E-state index < -0.39 is 11.7 Å². The third-order valence-corrected chi connectivity index (χ3v) is 3.17. The highest BCUT2D eigenvalue weighted by Gasteiger charge is 2.16. The van der Waals surface area contributed by atoms with Crippen LogP contribution in [0.15, 0.2) is 30.5 Å². The van der Waals surface area contributed by atoms with Crippen molar-refractivity contribution in [1.29, 1.82) is 0 Å². The summed E-state index contributed by atoms with van der Waals surface area (Å²) in [5.41, 5.74) is 1.57. The summed E-state index contributed by atoms with van der Waals surface area (Å²) >= 11 is 5.90. The minimum absolute atomic E-state index is 0.149. The number of carbonyl (C=O) groups is 1. The third kappa shape index (κ3) is 5.79. The number of rotatable bonds is 4. The Hall–Kier alpha value is -2.54. The molecule has 1 heterocycles. The Morgan fingerprint density at radius 3 is 2.56 bits per heavy atom. The highest BCUT2D eigenvalue weighted by Crippen LogP contribution is 2.27. The zero-order chi connectivity index (χ0) is 18.6. The van der Waals surface area contributed by atoms with Gasteiger partial charge in [0, 0.05) is 25.5 Å². The molecule has 2 rings (SSSR count). The molecule has 1 amide bonds. The van der Waals surface area contributed by atoms with Crippen LogP contribution in [0.3, 0.4) is 0 Å². The van der Waals surface area contributed by atoms with E-state index in [1.165, 1.54) is 0 Å². The van der Waals surface area contributed by atoms with Gasteiger partial charge in [0.05, 0.1) is 11.9 Å². The number of nitrogens with zero attached hydrogens (tertiary/aromatic N) is 3. The highest BCUT2D eigenvalue weighted by molar-refractivity contribution is 6.28. The Morgan fingerprint density at radius 1 is 1.24 bits per heavy atom. The lowest BCUT2D eigenvalue weighted by atomic mass is 10.2. The van der Waals surface area contributed by atoms with Gasteiger partial charge in [0.2, 0.25) is 5.28 Å². The Kier molecular flexibility index (Phi) is 5.69. The normalized spacial score (nSPS) is 11.0. The van der Waals surface area contributed by atoms with Gasteiger partial charge in [-0.15, -0.1) is 0 Å². The molecule has 8 heteroatoms. The van der Waals surface area contributed by atoms with E-state index in [9.17, 15) is 4.79 Å². The van der Waals surface area contributed by atoms with Gasteiger partial charge < -0.3 is 15.0 Å². The van der Waals surface area contributed by atoms with Gasteiger partial charge in [-0.25, -0.2) is 9.78 Å². The Morgan fingerprint density at radius 2 is 1.92 bits per heavy atom. The molecule has 0 aliphatic carbocycles. The van der Waals surface area contributed by atoms with Crippen LogP contribution in [0.4, 0.5) is 27.7 Å². The molecule has 2 N–H and O–H groups in total. The van der Waals surface area contributed by atoms with E-state index in [4.69, 9.17) is 16.3 Å². The van der Waals surface area contributed by atoms with Gasteiger partial charge in [-0.3, -0.25) is 5.32 Å². The quantitative estimate of drug-likeness (QED) is 0.789. The molecule has 0 aliphatic rings. The van der Waals surface area contributed by atoms with E-state index >= 15 is 0 Å². The summed E-state index contributed by atoms with van der Waals surface area (Å²) < 4.78 is 5.25. The predicted octanol–water partition coefficient (Wildman–Crippen LogP) is 4.29. The van der Waals surface area contributed by atoms with Crippen LogP contribution in [0.1, 0.15) is 20.8 Å². The van der Waals surface area contributed by atoms with Crippen molar-refractivity contribution >= 4 is 40.6 Å². The zero-order valence-electron chi connectivity index (χ0n) is 14.9. The molecule has 0 fully saturated rings. The van der Waals surface area contributed by atoms with Gasteiger partial charge in [0.15, 0.2) is 5.82 Å². The zero-order valence-corrected chi connectivity index (χ0v) is 15.7. The Bertz CT molecular complexity index is 759. The second kappa shape index (κ2) is 7.57. The van der Waals surface area contributed by atoms with Crippen LogP contribution in [0, 0.1) is 0 Å². The molecule has 0 bridgehead atoms. The Balaban J connectivity index is 2.17. The fourth-order valence-corrected chi connectivity index (χ4v) is 2.14. The average molecular weight is 364 g/mol. The van der Waals surface area contributed by atoms with Crippen LogP contribution in [0.5, 0.6) is 0 Å². The van der Waals surface area contributed by atoms with E-state index in [0.717, 1.165) is 11.4 Å². The summed E-state index contributed by atoms with van der Waals surface area (Å²) in [5, 5.41) is 6.04.